The van der Waals surface area contributed by atoms with Gasteiger partial charge in [-0.15, -0.1) is 0 Å². The molecule has 4 atom stereocenters. The second-order valence-electron chi connectivity index (χ2n) is 10.6. The van der Waals surface area contributed by atoms with Gasteiger partial charge in [0.05, 0.1) is 25.2 Å². The van der Waals surface area contributed by atoms with Crippen LogP contribution >= 0.6 is 0 Å². The zero-order valence-corrected chi connectivity index (χ0v) is 23.9. The number of ether oxygens (including phenoxy) is 1. The molecular formula is C30H41FN4O6. The largest absolute Gasteiger partial charge is 0.508 e. The predicted octanol–water partition coefficient (Wildman–Crippen LogP) is 1.88. The fraction of sp³-hybridized carbons (Fsp3) is 0.500. The summed E-state index contributed by atoms with van der Waals surface area (Å²) in [6.07, 6.45) is 8.34. The van der Waals surface area contributed by atoms with Gasteiger partial charge in [0.15, 0.2) is 0 Å². The molecule has 1 aromatic carbocycles. The summed E-state index contributed by atoms with van der Waals surface area (Å²) >= 11 is 0. The average molecular weight is 573 g/mol. The lowest BCUT2D eigenvalue weighted by molar-refractivity contribution is -0.137. The van der Waals surface area contributed by atoms with Crippen LogP contribution in [0.5, 0.6) is 11.5 Å². The third-order valence-corrected chi connectivity index (χ3v) is 6.87. The van der Waals surface area contributed by atoms with Crippen LogP contribution in [0.25, 0.3) is 0 Å². The van der Waals surface area contributed by atoms with E-state index in [1.165, 1.54) is 18.0 Å². The van der Waals surface area contributed by atoms with Gasteiger partial charge < -0.3 is 35.8 Å². The van der Waals surface area contributed by atoms with Crippen molar-refractivity contribution in [3.05, 3.63) is 59.5 Å². The van der Waals surface area contributed by atoms with E-state index in [0.29, 0.717) is 44.5 Å². The minimum Gasteiger partial charge on any atom is -0.508 e. The molecule has 0 spiro atoms. The number of fused-ring (bicyclic) bond motifs is 1. The number of phenols is 1. The Bertz CT molecular complexity index is 1180. The molecule has 3 amide bonds. The van der Waals surface area contributed by atoms with Gasteiger partial charge in [-0.2, -0.15) is 0 Å². The Kier molecular flexibility index (Phi) is 11.9. The van der Waals surface area contributed by atoms with Gasteiger partial charge in [-0.3, -0.25) is 14.4 Å². The van der Waals surface area contributed by atoms with Crippen molar-refractivity contribution in [1.29, 1.82) is 0 Å². The van der Waals surface area contributed by atoms with Crippen molar-refractivity contribution in [3.63, 3.8) is 0 Å². The molecule has 1 fully saturated rings. The lowest BCUT2D eigenvalue weighted by Gasteiger charge is -2.26. The van der Waals surface area contributed by atoms with Crippen molar-refractivity contribution < 1.29 is 33.7 Å². The molecule has 1 aliphatic heterocycles. The van der Waals surface area contributed by atoms with Crippen LogP contribution in [0.4, 0.5) is 4.39 Å². The van der Waals surface area contributed by atoms with E-state index >= 15 is 0 Å². The Morgan fingerprint density at radius 2 is 1.88 bits per heavy atom. The average Bonchev–Trinajstić information content (AvgIpc) is 3.68. The third-order valence-electron chi connectivity index (χ3n) is 6.87. The maximum atomic E-state index is 12.9. The molecule has 5 N–H and O–H groups in total. The molecule has 0 radical (unpaired) electrons. The van der Waals surface area contributed by atoms with Crippen LogP contribution in [0.15, 0.2) is 53.9 Å². The van der Waals surface area contributed by atoms with E-state index in [4.69, 9.17) is 4.74 Å². The summed E-state index contributed by atoms with van der Waals surface area (Å²) in [5.74, 6) is -0.594. The highest BCUT2D eigenvalue weighted by molar-refractivity contribution is 5.89. The van der Waals surface area contributed by atoms with E-state index in [0.717, 1.165) is 11.1 Å². The Labute approximate surface area is 240 Å². The van der Waals surface area contributed by atoms with Gasteiger partial charge in [0.25, 0.3) is 0 Å². The minimum atomic E-state index is -0.643. The van der Waals surface area contributed by atoms with Crippen LogP contribution in [-0.4, -0.2) is 84.3 Å². The number of phenolic OH excluding ortho intramolecular Hbond substituents is 1. The number of rotatable bonds is 1. The number of nitrogens with one attached hydrogen (secondary N) is 3. The summed E-state index contributed by atoms with van der Waals surface area (Å²) in [5, 5.41) is 28.2. The molecule has 0 bridgehead atoms. The van der Waals surface area contributed by atoms with Crippen LogP contribution in [0.2, 0.25) is 0 Å². The number of benzene rings is 1. The van der Waals surface area contributed by atoms with Gasteiger partial charge >= 0.3 is 0 Å². The van der Waals surface area contributed by atoms with E-state index < -0.39 is 18.1 Å². The molecule has 1 aromatic rings. The van der Waals surface area contributed by atoms with Crippen molar-refractivity contribution in [3.8, 4) is 11.5 Å². The first kappa shape index (κ1) is 31.8. The van der Waals surface area contributed by atoms with E-state index in [2.05, 4.69) is 16.0 Å². The van der Waals surface area contributed by atoms with Crippen LogP contribution in [-0.2, 0) is 20.8 Å². The molecule has 3 aliphatic rings. The number of allylic oxidation sites excluding steroid dienone is 6. The SMILES string of the molecule is CC1=CC=C(F)CC=C1.C[C@@H]1CNC(C2CC2O)C(=O)N(C)CC(=O)NCC(=O)NCCCc2cc(O)ccc2O1. The maximum absolute atomic E-state index is 12.9. The molecule has 0 saturated heterocycles. The molecule has 10 nitrogen and oxygen atoms in total. The zero-order chi connectivity index (χ0) is 29.9. The first-order valence-electron chi connectivity index (χ1n) is 13.9. The van der Waals surface area contributed by atoms with Crippen LogP contribution in [0.1, 0.15) is 38.7 Å². The molecule has 4 rings (SSSR count). The van der Waals surface area contributed by atoms with Crippen molar-refractivity contribution in [2.24, 2.45) is 5.92 Å². The monoisotopic (exact) mass is 572 g/mol. The summed E-state index contributed by atoms with van der Waals surface area (Å²) in [6.45, 7) is 4.22. The number of aliphatic hydroxyl groups excluding tert-OH is 1. The highest BCUT2D eigenvalue weighted by atomic mass is 19.1. The molecule has 11 heteroatoms. The summed E-state index contributed by atoms with van der Waals surface area (Å²) in [4.78, 5) is 38.4. The number of halogens is 1. The molecule has 1 heterocycles. The van der Waals surface area contributed by atoms with Crippen molar-refractivity contribution in [1.82, 2.24) is 20.9 Å². The Balaban J connectivity index is 0.000000436. The number of nitrogens with zero attached hydrogens (tertiary/aromatic N) is 1. The lowest BCUT2D eigenvalue weighted by Crippen LogP contribution is -2.51. The quantitative estimate of drug-likeness (QED) is 0.346. The highest BCUT2D eigenvalue weighted by Gasteiger charge is 2.46. The number of hydrogen-bond acceptors (Lipinski definition) is 7. The topological polar surface area (TPSA) is 140 Å². The van der Waals surface area contributed by atoms with Gasteiger partial charge in [0, 0.05) is 32.5 Å². The Hall–Kier alpha value is -3.70. The number of aryl methyl sites for hydroxylation is 1. The first-order valence-corrected chi connectivity index (χ1v) is 13.9. The van der Waals surface area contributed by atoms with E-state index in [1.807, 2.05) is 26.0 Å². The number of carbonyl (C=O) groups is 3. The molecule has 2 aliphatic carbocycles. The van der Waals surface area contributed by atoms with Gasteiger partial charge in [-0.1, -0.05) is 23.8 Å². The third kappa shape index (κ3) is 10.7. The zero-order valence-electron chi connectivity index (χ0n) is 23.9. The Morgan fingerprint density at radius 3 is 2.61 bits per heavy atom. The van der Waals surface area contributed by atoms with Crippen LogP contribution in [0, 0.1) is 5.92 Å². The fourth-order valence-corrected chi connectivity index (χ4v) is 4.45. The molecule has 1 saturated carbocycles. The van der Waals surface area contributed by atoms with Crippen LogP contribution in [0.3, 0.4) is 0 Å². The summed E-state index contributed by atoms with van der Waals surface area (Å²) in [6, 6.07) is 4.25. The maximum Gasteiger partial charge on any atom is 0.240 e. The second-order valence-corrected chi connectivity index (χ2v) is 10.6. The number of carbonyl (C=O) groups excluding carboxylic acids is 3. The first-order chi connectivity index (χ1) is 19.5. The number of amides is 3. The molecular weight excluding hydrogens is 531 g/mol. The number of likely N-dealkylation sites (N-methyl/N-ethyl adjacent to an activating group) is 1. The van der Waals surface area contributed by atoms with Gasteiger partial charge in [0.1, 0.15) is 23.4 Å². The van der Waals surface area contributed by atoms with Crippen molar-refractivity contribution >= 4 is 17.7 Å². The summed E-state index contributed by atoms with van der Waals surface area (Å²) < 4.78 is 18.4. The molecule has 41 heavy (non-hydrogen) atoms. The number of aliphatic hydroxyl groups is 1. The van der Waals surface area contributed by atoms with Gasteiger partial charge in [0.2, 0.25) is 17.7 Å². The van der Waals surface area contributed by atoms with Crippen molar-refractivity contribution in [2.45, 2.75) is 57.8 Å². The molecule has 0 aromatic heterocycles. The normalized spacial score (nSPS) is 26.3. The Morgan fingerprint density at radius 1 is 1.12 bits per heavy atom. The highest BCUT2D eigenvalue weighted by Crippen LogP contribution is 2.34. The van der Waals surface area contributed by atoms with Gasteiger partial charge in [-0.25, -0.2) is 4.39 Å². The minimum absolute atomic E-state index is 0.0666. The lowest BCUT2D eigenvalue weighted by atomic mass is 10.1. The van der Waals surface area contributed by atoms with Crippen LogP contribution < -0.4 is 20.7 Å². The molecule has 3 unspecified atom stereocenters. The van der Waals surface area contributed by atoms with Gasteiger partial charge in [-0.05, 0) is 62.9 Å². The smallest absolute Gasteiger partial charge is 0.240 e. The van der Waals surface area contributed by atoms with E-state index in [9.17, 15) is 29.0 Å². The van der Waals surface area contributed by atoms with E-state index in [-0.39, 0.29) is 48.5 Å². The second kappa shape index (κ2) is 15.3. The van der Waals surface area contributed by atoms with Crippen molar-refractivity contribution in [2.75, 3.05) is 33.2 Å². The fourth-order valence-electron chi connectivity index (χ4n) is 4.45. The predicted molar refractivity (Wildman–Crippen MR) is 153 cm³/mol. The van der Waals surface area contributed by atoms with E-state index in [1.54, 1.807) is 24.3 Å². The standard InChI is InChI=1S/C22H32N4O6.C8H9F/c1-13-10-25-21(16-9-17(16)28)22(31)26(2)12-20(30)24-11-19(29)23-7-3-4-14-8-15(27)5-6-18(14)32-13;1-7-3-2-4-8(9)6-5-7/h5-6,8,13,16-17,21,25,27-28H,3-4,7,9-12H2,1-2H3,(H,23,29)(H,24,30);2-3,5-6H,4H2,1H3/t13-,16?,17?,21?;/m1./s1. The number of hydrogen-bond donors (Lipinski definition) is 5. The summed E-state index contributed by atoms with van der Waals surface area (Å²) in [7, 11) is 1.52. The number of aromatic hydroxyl groups is 1. The summed E-state index contributed by atoms with van der Waals surface area (Å²) in [5.41, 5.74) is 1.91. The molecule has 224 valence electrons.